The third kappa shape index (κ3) is 3.60. The Morgan fingerprint density at radius 3 is 2.80 bits per heavy atom. The SMILES string of the molecule is CSc1nnc(CC2CCN(Cc3ccc4occc4c3)CC2)n1C. The summed E-state index contributed by atoms with van der Waals surface area (Å²) >= 11 is 1.66. The molecule has 3 aromatic rings. The van der Waals surface area contributed by atoms with E-state index in [4.69, 9.17) is 4.42 Å². The van der Waals surface area contributed by atoms with Crippen LogP contribution in [0.25, 0.3) is 11.0 Å². The van der Waals surface area contributed by atoms with Crippen LogP contribution in [0, 0.1) is 5.92 Å². The van der Waals surface area contributed by atoms with Gasteiger partial charge in [-0.3, -0.25) is 4.90 Å². The molecule has 0 radical (unpaired) electrons. The first-order chi connectivity index (χ1) is 12.2. The molecule has 0 spiro atoms. The highest BCUT2D eigenvalue weighted by Crippen LogP contribution is 2.24. The van der Waals surface area contributed by atoms with Gasteiger partial charge in [0.2, 0.25) is 0 Å². The van der Waals surface area contributed by atoms with Crippen LogP contribution >= 0.6 is 11.8 Å². The molecule has 0 bridgehead atoms. The highest BCUT2D eigenvalue weighted by Gasteiger charge is 2.22. The lowest BCUT2D eigenvalue weighted by Crippen LogP contribution is -2.34. The number of aromatic nitrogens is 3. The second-order valence-electron chi connectivity index (χ2n) is 6.88. The van der Waals surface area contributed by atoms with Crippen LogP contribution in [0.4, 0.5) is 0 Å². The third-order valence-electron chi connectivity index (χ3n) is 5.21. The molecule has 0 unspecified atom stereocenters. The maximum absolute atomic E-state index is 5.42. The van der Waals surface area contributed by atoms with E-state index in [1.165, 1.54) is 23.8 Å². The van der Waals surface area contributed by atoms with Gasteiger partial charge in [0.1, 0.15) is 11.4 Å². The highest BCUT2D eigenvalue weighted by atomic mass is 32.2. The monoisotopic (exact) mass is 356 g/mol. The van der Waals surface area contributed by atoms with Crippen molar-refractivity contribution < 1.29 is 4.42 Å². The highest BCUT2D eigenvalue weighted by molar-refractivity contribution is 7.98. The number of piperidine rings is 1. The number of nitrogens with zero attached hydrogens (tertiary/aromatic N) is 4. The van der Waals surface area contributed by atoms with Crippen molar-refractivity contribution in [2.24, 2.45) is 13.0 Å². The van der Waals surface area contributed by atoms with Crippen molar-refractivity contribution in [2.45, 2.75) is 31.0 Å². The molecular formula is C19H24N4OS. The molecule has 0 amide bonds. The minimum absolute atomic E-state index is 0.713. The summed E-state index contributed by atoms with van der Waals surface area (Å²) in [4.78, 5) is 2.56. The Morgan fingerprint density at radius 1 is 1.20 bits per heavy atom. The van der Waals surface area contributed by atoms with Crippen LogP contribution < -0.4 is 0 Å². The molecule has 0 atom stereocenters. The summed E-state index contributed by atoms with van der Waals surface area (Å²) < 4.78 is 7.56. The maximum Gasteiger partial charge on any atom is 0.190 e. The molecule has 1 fully saturated rings. The Hall–Kier alpha value is -1.79. The van der Waals surface area contributed by atoms with Crippen molar-refractivity contribution in [2.75, 3.05) is 19.3 Å². The molecular weight excluding hydrogens is 332 g/mol. The van der Waals surface area contributed by atoms with Gasteiger partial charge in [0.15, 0.2) is 5.16 Å². The van der Waals surface area contributed by atoms with Crippen LogP contribution in [0.15, 0.2) is 40.1 Å². The van der Waals surface area contributed by atoms with E-state index in [-0.39, 0.29) is 0 Å². The van der Waals surface area contributed by atoms with Gasteiger partial charge in [0.25, 0.3) is 0 Å². The molecule has 5 nitrogen and oxygen atoms in total. The second kappa shape index (κ2) is 7.22. The molecule has 0 N–H and O–H groups in total. The summed E-state index contributed by atoms with van der Waals surface area (Å²) in [7, 11) is 2.07. The number of thioether (sulfide) groups is 1. The Bertz CT molecular complexity index is 848. The fourth-order valence-corrected chi connectivity index (χ4v) is 4.18. The summed E-state index contributed by atoms with van der Waals surface area (Å²) in [6.07, 6.45) is 7.31. The average Bonchev–Trinajstić information content (AvgIpc) is 3.23. The first kappa shape index (κ1) is 16.7. The van der Waals surface area contributed by atoms with Crippen molar-refractivity contribution in [3.63, 3.8) is 0 Å². The molecule has 3 heterocycles. The predicted octanol–water partition coefficient (Wildman–Crippen LogP) is 3.74. The van der Waals surface area contributed by atoms with E-state index in [0.29, 0.717) is 5.92 Å². The molecule has 6 heteroatoms. The standard InChI is InChI=1S/C19H24N4OS/c1-22-18(20-21-19(22)25-2)12-14-5-8-23(9-6-14)13-15-3-4-17-16(11-15)7-10-24-17/h3-4,7,10-11,14H,5-6,8-9,12-13H2,1-2H3. The quantitative estimate of drug-likeness (QED) is 0.652. The molecule has 1 aliphatic rings. The molecule has 132 valence electrons. The van der Waals surface area contributed by atoms with Crippen molar-refractivity contribution >= 4 is 22.7 Å². The van der Waals surface area contributed by atoms with E-state index in [1.54, 1.807) is 18.0 Å². The zero-order valence-electron chi connectivity index (χ0n) is 14.8. The summed E-state index contributed by atoms with van der Waals surface area (Å²) in [6, 6.07) is 8.54. The summed E-state index contributed by atoms with van der Waals surface area (Å²) in [5.74, 6) is 1.83. The van der Waals surface area contributed by atoms with Crippen LogP contribution in [0.2, 0.25) is 0 Å². The van der Waals surface area contributed by atoms with Crippen LogP contribution in [-0.4, -0.2) is 39.0 Å². The van der Waals surface area contributed by atoms with Gasteiger partial charge in [0.05, 0.1) is 6.26 Å². The number of fused-ring (bicyclic) bond motifs is 1. The number of rotatable bonds is 5. The Kier molecular flexibility index (Phi) is 4.81. The summed E-state index contributed by atoms with van der Waals surface area (Å²) in [5, 5.41) is 10.8. The molecule has 25 heavy (non-hydrogen) atoms. The van der Waals surface area contributed by atoms with Gasteiger partial charge in [-0.25, -0.2) is 0 Å². The third-order valence-corrected chi connectivity index (χ3v) is 5.93. The van der Waals surface area contributed by atoms with Crippen LogP contribution in [0.1, 0.15) is 24.2 Å². The van der Waals surface area contributed by atoms with Gasteiger partial charge < -0.3 is 8.98 Å². The second-order valence-corrected chi connectivity index (χ2v) is 7.65. The van der Waals surface area contributed by atoms with E-state index in [0.717, 1.165) is 42.6 Å². The lowest BCUT2D eigenvalue weighted by atomic mass is 9.93. The molecule has 1 saturated heterocycles. The lowest BCUT2D eigenvalue weighted by Gasteiger charge is -2.31. The van der Waals surface area contributed by atoms with E-state index < -0.39 is 0 Å². The fourth-order valence-electron chi connectivity index (χ4n) is 3.68. The van der Waals surface area contributed by atoms with Gasteiger partial charge in [-0.15, -0.1) is 10.2 Å². The van der Waals surface area contributed by atoms with Crippen molar-refractivity contribution in [3.8, 4) is 0 Å². The van der Waals surface area contributed by atoms with E-state index >= 15 is 0 Å². The normalized spacial score (nSPS) is 16.7. The predicted molar refractivity (Wildman–Crippen MR) is 101 cm³/mol. The fraction of sp³-hybridized carbons (Fsp3) is 0.474. The maximum atomic E-state index is 5.42. The molecule has 1 aromatic carbocycles. The Morgan fingerprint density at radius 2 is 2.04 bits per heavy atom. The zero-order valence-corrected chi connectivity index (χ0v) is 15.6. The van der Waals surface area contributed by atoms with Gasteiger partial charge >= 0.3 is 0 Å². The smallest absolute Gasteiger partial charge is 0.190 e. The van der Waals surface area contributed by atoms with Crippen LogP contribution in [0.3, 0.4) is 0 Å². The molecule has 1 aliphatic heterocycles. The van der Waals surface area contributed by atoms with Crippen LogP contribution in [0.5, 0.6) is 0 Å². The zero-order chi connectivity index (χ0) is 17.2. The van der Waals surface area contributed by atoms with Crippen LogP contribution in [-0.2, 0) is 20.0 Å². The first-order valence-corrected chi connectivity index (χ1v) is 10.1. The summed E-state index contributed by atoms with van der Waals surface area (Å²) in [6.45, 7) is 3.33. The van der Waals surface area contributed by atoms with Gasteiger partial charge in [-0.1, -0.05) is 17.8 Å². The number of hydrogen-bond donors (Lipinski definition) is 0. The number of likely N-dealkylation sites (tertiary alicyclic amines) is 1. The Balaban J connectivity index is 1.32. The Labute approximate surface area is 152 Å². The van der Waals surface area contributed by atoms with E-state index in [2.05, 4.69) is 44.9 Å². The van der Waals surface area contributed by atoms with Gasteiger partial charge in [0, 0.05) is 25.4 Å². The van der Waals surface area contributed by atoms with Crippen molar-refractivity contribution in [1.82, 2.24) is 19.7 Å². The average molecular weight is 356 g/mol. The van der Waals surface area contributed by atoms with Crippen molar-refractivity contribution in [3.05, 3.63) is 41.9 Å². The number of benzene rings is 1. The summed E-state index contributed by atoms with van der Waals surface area (Å²) in [5.41, 5.74) is 2.33. The van der Waals surface area contributed by atoms with E-state index in [1.807, 2.05) is 12.3 Å². The first-order valence-electron chi connectivity index (χ1n) is 8.83. The molecule has 2 aromatic heterocycles. The van der Waals surface area contributed by atoms with E-state index in [9.17, 15) is 0 Å². The molecule has 0 aliphatic carbocycles. The molecule has 4 rings (SSSR count). The number of furan rings is 1. The minimum Gasteiger partial charge on any atom is -0.464 e. The number of hydrogen-bond acceptors (Lipinski definition) is 5. The minimum atomic E-state index is 0.713. The van der Waals surface area contributed by atoms with Gasteiger partial charge in [-0.05, 0) is 61.9 Å². The van der Waals surface area contributed by atoms with Crippen molar-refractivity contribution in [1.29, 1.82) is 0 Å². The van der Waals surface area contributed by atoms with Gasteiger partial charge in [-0.2, -0.15) is 0 Å². The lowest BCUT2D eigenvalue weighted by molar-refractivity contribution is 0.175. The topological polar surface area (TPSA) is 47.1 Å². The molecule has 0 saturated carbocycles. The largest absolute Gasteiger partial charge is 0.464 e.